The van der Waals surface area contributed by atoms with Crippen molar-refractivity contribution in [2.45, 2.75) is 20.8 Å². The van der Waals surface area contributed by atoms with Crippen LogP contribution in [0.5, 0.6) is 6.01 Å². The first-order valence-corrected chi connectivity index (χ1v) is 5.98. The largest absolute Gasteiger partial charge is 0.464 e. The fourth-order valence-electron chi connectivity index (χ4n) is 1.28. The van der Waals surface area contributed by atoms with Gasteiger partial charge in [-0.25, -0.2) is 14.6 Å². The van der Waals surface area contributed by atoms with Gasteiger partial charge in [-0.3, -0.25) is 0 Å². The Morgan fingerprint density at radius 3 is 2.26 bits per heavy atom. The van der Waals surface area contributed by atoms with Crippen molar-refractivity contribution in [3.8, 4) is 6.01 Å². The molecule has 0 N–H and O–H groups in total. The maximum absolute atomic E-state index is 11.8. The zero-order valence-electron chi connectivity index (χ0n) is 11.1. The maximum Gasteiger partial charge on any atom is 0.358 e. The Labute approximate surface area is 110 Å². The van der Waals surface area contributed by atoms with Gasteiger partial charge in [0.05, 0.1) is 19.8 Å². The average molecular weight is 268 g/mol. The molecule has 0 aliphatic rings. The molecule has 0 spiro atoms. The van der Waals surface area contributed by atoms with E-state index in [0.717, 1.165) is 0 Å². The molecular formula is C12H16N2O5. The number of aromatic nitrogens is 2. The highest BCUT2D eigenvalue weighted by atomic mass is 16.5. The highest BCUT2D eigenvalue weighted by Crippen LogP contribution is 2.12. The summed E-state index contributed by atoms with van der Waals surface area (Å²) in [4.78, 5) is 31.2. The van der Waals surface area contributed by atoms with Crippen LogP contribution in [-0.4, -0.2) is 41.7 Å². The predicted octanol–water partition coefficient (Wildman–Crippen LogP) is 1.23. The summed E-state index contributed by atoms with van der Waals surface area (Å²) < 4.78 is 14.8. The molecule has 19 heavy (non-hydrogen) atoms. The van der Waals surface area contributed by atoms with Crippen molar-refractivity contribution in [1.82, 2.24) is 9.97 Å². The normalized spacial score (nSPS) is 9.84. The molecule has 0 saturated heterocycles. The van der Waals surface area contributed by atoms with E-state index in [1.807, 2.05) is 0 Å². The van der Waals surface area contributed by atoms with Crippen LogP contribution >= 0.6 is 0 Å². The SMILES string of the molecule is CCOC(=O)c1cnc(OCC)nc1C(=O)OCC. The molecule has 0 radical (unpaired) electrons. The summed E-state index contributed by atoms with van der Waals surface area (Å²) in [6.45, 7) is 5.79. The number of nitrogens with zero attached hydrogens (tertiary/aromatic N) is 2. The molecule has 0 unspecified atom stereocenters. The van der Waals surface area contributed by atoms with E-state index in [0.29, 0.717) is 6.61 Å². The molecule has 0 aromatic carbocycles. The molecular weight excluding hydrogens is 252 g/mol. The summed E-state index contributed by atoms with van der Waals surface area (Å²) in [6, 6.07) is 0.0126. The van der Waals surface area contributed by atoms with Gasteiger partial charge >= 0.3 is 17.9 Å². The quantitative estimate of drug-likeness (QED) is 0.717. The van der Waals surface area contributed by atoms with Crippen molar-refractivity contribution in [2.24, 2.45) is 0 Å². The van der Waals surface area contributed by atoms with E-state index in [2.05, 4.69) is 9.97 Å². The summed E-state index contributed by atoms with van der Waals surface area (Å²) in [7, 11) is 0. The van der Waals surface area contributed by atoms with Crippen LogP contribution in [0.4, 0.5) is 0 Å². The summed E-state index contributed by atoms with van der Waals surface area (Å²) >= 11 is 0. The standard InChI is InChI=1S/C12H16N2O5/c1-4-17-10(15)8-7-13-12(19-6-3)14-9(8)11(16)18-5-2/h7H,4-6H2,1-3H3. The second kappa shape index (κ2) is 7.30. The first kappa shape index (κ1) is 14.9. The molecule has 1 aromatic rings. The van der Waals surface area contributed by atoms with Gasteiger partial charge in [-0.2, -0.15) is 4.98 Å². The van der Waals surface area contributed by atoms with Crippen molar-refractivity contribution in [1.29, 1.82) is 0 Å². The van der Waals surface area contributed by atoms with Crippen LogP contribution in [-0.2, 0) is 9.47 Å². The van der Waals surface area contributed by atoms with Crippen LogP contribution < -0.4 is 4.74 Å². The van der Waals surface area contributed by atoms with E-state index in [4.69, 9.17) is 14.2 Å². The first-order valence-electron chi connectivity index (χ1n) is 5.98. The summed E-state index contributed by atoms with van der Waals surface area (Å²) in [5.41, 5.74) is -0.192. The summed E-state index contributed by atoms with van der Waals surface area (Å²) in [6.07, 6.45) is 1.20. The molecule has 1 rings (SSSR count). The van der Waals surface area contributed by atoms with Crippen molar-refractivity contribution in [3.63, 3.8) is 0 Å². The Hall–Kier alpha value is -2.18. The number of hydrogen-bond donors (Lipinski definition) is 0. The van der Waals surface area contributed by atoms with Gasteiger partial charge in [-0.1, -0.05) is 0 Å². The molecule has 104 valence electrons. The minimum atomic E-state index is -0.714. The minimum Gasteiger partial charge on any atom is -0.464 e. The van der Waals surface area contributed by atoms with Crippen LogP contribution in [0.2, 0.25) is 0 Å². The van der Waals surface area contributed by atoms with Gasteiger partial charge in [0.25, 0.3) is 0 Å². The lowest BCUT2D eigenvalue weighted by Gasteiger charge is -2.08. The highest BCUT2D eigenvalue weighted by molar-refractivity contribution is 6.01. The molecule has 0 bridgehead atoms. The van der Waals surface area contributed by atoms with Crippen molar-refractivity contribution < 1.29 is 23.8 Å². The lowest BCUT2D eigenvalue weighted by atomic mass is 10.2. The van der Waals surface area contributed by atoms with E-state index >= 15 is 0 Å². The molecule has 0 aliphatic heterocycles. The lowest BCUT2D eigenvalue weighted by Crippen LogP contribution is -2.17. The third kappa shape index (κ3) is 3.90. The Balaban J connectivity index is 3.14. The molecule has 7 nitrogen and oxygen atoms in total. The predicted molar refractivity (Wildman–Crippen MR) is 65.1 cm³/mol. The zero-order chi connectivity index (χ0) is 14.3. The number of carbonyl (C=O) groups is 2. The summed E-state index contributed by atoms with van der Waals surface area (Å²) in [5.74, 6) is -1.39. The third-order valence-corrected chi connectivity index (χ3v) is 2.00. The topological polar surface area (TPSA) is 87.6 Å². The Kier molecular flexibility index (Phi) is 5.72. The fraction of sp³-hybridized carbons (Fsp3) is 0.500. The van der Waals surface area contributed by atoms with Crippen LogP contribution in [0.25, 0.3) is 0 Å². The first-order chi connectivity index (χ1) is 9.13. The van der Waals surface area contributed by atoms with Gasteiger partial charge in [0, 0.05) is 6.20 Å². The summed E-state index contributed by atoms with van der Waals surface area (Å²) in [5, 5.41) is 0. The van der Waals surface area contributed by atoms with Crippen LogP contribution in [0.1, 0.15) is 41.6 Å². The number of rotatable bonds is 6. The van der Waals surface area contributed by atoms with Gasteiger partial charge in [0.15, 0.2) is 5.69 Å². The number of esters is 2. The van der Waals surface area contributed by atoms with Crippen LogP contribution in [0.15, 0.2) is 6.20 Å². The maximum atomic E-state index is 11.8. The molecule has 0 aliphatic carbocycles. The molecule has 0 saturated carbocycles. The van der Waals surface area contributed by atoms with E-state index in [-0.39, 0.29) is 30.5 Å². The molecule has 0 amide bonds. The second-order valence-corrected chi connectivity index (χ2v) is 3.29. The Morgan fingerprint density at radius 2 is 1.68 bits per heavy atom. The van der Waals surface area contributed by atoms with E-state index in [1.165, 1.54) is 6.20 Å². The van der Waals surface area contributed by atoms with Gasteiger partial charge in [-0.15, -0.1) is 0 Å². The van der Waals surface area contributed by atoms with Crippen LogP contribution in [0.3, 0.4) is 0 Å². The van der Waals surface area contributed by atoms with Crippen molar-refractivity contribution in [3.05, 3.63) is 17.5 Å². The highest BCUT2D eigenvalue weighted by Gasteiger charge is 2.22. The molecule has 1 aromatic heterocycles. The smallest absolute Gasteiger partial charge is 0.358 e. The monoisotopic (exact) mass is 268 g/mol. The van der Waals surface area contributed by atoms with Gasteiger partial charge in [0.1, 0.15) is 5.56 Å². The van der Waals surface area contributed by atoms with E-state index < -0.39 is 11.9 Å². The van der Waals surface area contributed by atoms with Crippen molar-refractivity contribution in [2.75, 3.05) is 19.8 Å². The second-order valence-electron chi connectivity index (χ2n) is 3.29. The van der Waals surface area contributed by atoms with Crippen LogP contribution in [0, 0.1) is 0 Å². The van der Waals surface area contributed by atoms with Crippen molar-refractivity contribution >= 4 is 11.9 Å². The van der Waals surface area contributed by atoms with Gasteiger partial charge < -0.3 is 14.2 Å². The number of ether oxygens (including phenoxy) is 3. The minimum absolute atomic E-state index is 0.0126. The fourth-order valence-corrected chi connectivity index (χ4v) is 1.28. The Bertz CT molecular complexity index is 461. The molecule has 0 atom stereocenters. The molecule has 0 fully saturated rings. The molecule has 1 heterocycles. The van der Waals surface area contributed by atoms with E-state index in [9.17, 15) is 9.59 Å². The number of hydrogen-bond acceptors (Lipinski definition) is 7. The van der Waals surface area contributed by atoms with Gasteiger partial charge in [0.2, 0.25) is 0 Å². The zero-order valence-corrected chi connectivity index (χ0v) is 11.1. The van der Waals surface area contributed by atoms with E-state index in [1.54, 1.807) is 20.8 Å². The molecule has 7 heteroatoms. The third-order valence-electron chi connectivity index (χ3n) is 2.00. The lowest BCUT2D eigenvalue weighted by molar-refractivity contribution is 0.0471. The number of carbonyl (C=O) groups excluding carboxylic acids is 2. The average Bonchev–Trinajstić information content (AvgIpc) is 2.39. The Morgan fingerprint density at radius 1 is 1.05 bits per heavy atom. The van der Waals surface area contributed by atoms with Gasteiger partial charge in [-0.05, 0) is 20.8 Å².